The lowest BCUT2D eigenvalue weighted by Gasteiger charge is -2.41. The summed E-state index contributed by atoms with van der Waals surface area (Å²) in [6, 6.07) is -1.04. The van der Waals surface area contributed by atoms with Crippen molar-refractivity contribution in [2.75, 3.05) is 13.2 Å². The molecule has 0 aromatic rings. The summed E-state index contributed by atoms with van der Waals surface area (Å²) in [6.45, 7) is 5.64. The summed E-state index contributed by atoms with van der Waals surface area (Å²) in [5.74, 6) is -1.23. The minimum absolute atomic E-state index is 0.0991. The van der Waals surface area contributed by atoms with Gasteiger partial charge >= 0.3 is 5.97 Å². The van der Waals surface area contributed by atoms with Crippen molar-refractivity contribution in [1.29, 1.82) is 0 Å². The Morgan fingerprint density at radius 3 is 1.43 bits per heavy atom. The lowest BCUT2D eigenvalue weighted by Crippen LogP contribution is -2.61. The van der Waals surface area contributed by atoms with Crippen molar-refractivity contribution in [2.45, 2.75) is 301 Å². The first-order valence-corrected chi connectivity index (χ1v) is 30.9. The predicted molar refractivity (Wildman–Crippen MR) is 315 cm³/mol. The molecule has 0 radical (unpaired) electrons. The zero-order valence-corrected chi connectivity index (χ0v) is 48.3. The van der Waals surface area contributed by atoms with Crippen LogP contribution in [0.3, 0.4) is 0 Å². The van der Waals surface area contributed by atoms with Crippen LogP contribution in [0.25, 0.3) is 0 Å². The van der Waals surface area contributed by atoms with Crippen LogP contribution in [0.15, 0.2) is 85.1 Å². The average molecular weight is 1070 g/mol. The first kappa shape index (κ1) is 70.9. The van der Waals surface area contributed by atoms with Gasteiger partial charge in [0.05, 0.1) is 25.4 Å². The van der Waals surface area contributed by atoms with E-state index in [9.17, 15) is 35.1 Å². The van der Waals surface area contributed by atoms with E-state index in [0.29, 0.717) is 12.8 Å². The Morgan fingerprint density at radius 1 is 0.526 bits per heavy atom. The molecular weight excluding hydrogens is 955 g/mol. The predicted octanol–water partition coefficient (Wildman–Crippen LogP) is 14.6. The van der Waals surface area contributed by atoms with Crippen molar-refractivity contribution >= 4 is 11.9 Å². The molecule has 11 heteroatoms. The number of carbonyl (C=O) groups is 2. The molecule has 1 aliphatic rings. The lowest BCUT2D eigenvalue weighted by atomic mass is 9.99. The van der Waals surface area contributed by atoms with Gasteiger partial charge in [0.1, 0.15) is 24.4 Å². The summed E-state index contributed by atoms with van der Waals surface area (Å²) in [7, 11) is 0. The quantitative estimate of drug-likeness (QED) is 0.0195. The number of nitrogens with one attached hydrogen (secondary N) is 1. The molecule has 1 aliphatic heterocycles. The molecule has 1 rings (SSSR count). The zero-order chi connectivity index (χ0) is 55.4. The van der Waals surface area contributed by atoms with Gasteiger partial charge in [0.25, 0.3) is 0 Å². The van der Waals surface area contributed by atoms with E-state index in [1.165, 1.54) is 89.9 Å². The van der Waals surface area contributed by atoms with E-state index in [4.69, 9.17) is 14.2 Å². The molecule has 0 spiro atoms. The van der Waals surface area contributed by atoms with E-state index in [1.807, 2.05) is 6.08 Å². The number of unbranched alkanes of at least 4 members (excludes halogenated alkanes) is 25. The standard InChI is InChI=1S/C65H113NO10/c1-4-7-10-13-16-19-22-25-26-27-28-29-30-31-32-33-35-37-40-43-46-49-52-58(69)64(73)66-56(57(68)51-48-45-42-39-36-24-21-18-15-12-9-6-3)55-74-65-63(62(72)61(71)59(54-67)75-65)76-60(70)53-50-47-44-41-38-34-23-20-17-14-11-8-5-2/h7,10,16,19,25-26,28-29,31-32,34,38,48,51,56-59,61-63,65,67-69,71-72H,4-6,8-9,11-15,17-18,20-24,27,30,33,35-37,39-47,49-50,52-55H2,1-3H3,(H,66,73)/b10-7-,19-16-,26-25-,29-28-,32-31-,38-34-,51-48+. The maximum absolute atomic E-state index is 13.4. The van der Waals surface area contributed by atoms with E-state index in [2.05, 4.69) is 99.0 Å². The highest BCUT2D eigenvalue weighted by molar-refractivity contribution is 5.80. The van der Waals surface area contributed by atoms with Gasteiger partial charge in [-0.1, -0.05) is 234 Å². The summed E-state index contributed by atoms with van der Waals surface area (Å²) in [5, 5.41) is 56.9. The van der Waals surface area contributed by atoms with E-state index >= 15 is 0 Å². The summed E-state index contributed by atoms with van der Waals surface area (Å²) >= 11 is 0. The number of rotatable bonds is 51. The number of amides is 1. The highest BCUT2D eigenvalue weighted by Crippen LogP contribution is 2.26. The number of hydrogen-bond donors (Lipinski definition) is 6. The highest BCUT2D eigenvalue weighted by Gasteiger charge is 2.47. The van der Waals surface area contributed by atoms with E-state index in [-0.39, 0.29) is 19.4 Å². The van der Waals surface area contributed by atoms with Crippen molar-refractivity contribution < 1.29 is 49.3 Å². The Balaban J connectivity index is 2.69. The van der Waals surface area contributed by atoms with Crippen LogP contribution in [0.5, 0.6) is 0 Å². The number of ether oxygens (including phenoxy) is 3. The van der Waals surface area contributed by atoms with Gasteiger partial charge in [0.15, 0.2) is 12.4 Å². The molecule has 1 heterocycles. The number of esters is 1. The van der Waals surface area contributed by atoms with Crippen LogP contribution in [-0.4, -0.2) is 99.6 Å². The molecule has 1 fully saturated rings. The van der Waals surface area contributed by atoms with Crippen molar-refractivity contribution in [2.24, 2.45) is 0 Å². The summed E-state index contributed by atoms with van der Waals surface area (Å²) in [6.07, 6.45) is 57.6. The number of hydrogen-bond acceptors (Lipinski definition) is 10. The third kappa shape index (κ3) is 40.1. The van der Waals surface area contributed by atoms with Gasteiger partial charge < -0.3 is 45.1 Å². The molecule has 1 amide bonds. The minimum Gasteiger partial charge on any atom is -0.454 e. The van der Waals surface area contributed by atoms with Gasteiger partial charge in [-0.3, -0.25) is 9.59 Å². The van der Waals surface area contributed by atoms with Crippen molar-refractivity contribution in [3.63, 3.8) is 0 Å². The van der Waals surface area contributed by atoms with Crippen molar-refractivity contribution in [1.82, 2.24) is 5.32 Å². The molecule has 1 saturated heterocycles. The number of carbonyl (C=O) groups excluding carboxylic acids is 2. The normalized spacial score (nSPS) is 19.7. The first-order valence-electron chi connectivity index (χ1n) is 30.9. The fourth-order valence-corrected chi connectivity index (χ4v) is 9.14. The second kappa shape index (κ2) is 52.5. The van der Waals surface area contributed by atoms with Crippen LogP contribution >= 0.6 is 0 Å². The Morgan fingerprint density at radius 2 is 0.947 bits per heavy atom. The van der Waals surface area contributed by atoms with Gasteiger partial charge in [-0.15, -0.1) is 0 Å². The zero-order valence-electron chi connectivity index (χ0n) is 48.3. The third-order valence-corrected chi connectivity index (χ3v) is 14.0. The summed E-state index contributed by atoms with van der Waals surface area (Å²) in [5.41, 5.74) is 0. The molecule has 76 heavy (non-hydrogen) atoms. The van der Waals surface area contributed by atoms with Gasteiger partial charge in [-0.05, 0) is 96.3 Å². The fraction of sp³-hybridized carbons (Fsp3) is 0.754. The van der Waals surface area contributed by atoms with Gasteiger partial charge in [-0.25, -0.2) is 0 Å². The monoisotopic (exact) mass is 1070 g/mol. The van der Waals surface area contributed by atoms with Crippen LogP contribution < -0.4 is 5.32 Å². The van der Waals surface area contributed by atoms with E-state index in [0.717, 1.165) is 116 Å². The molecule has 0 bridgehead atoms. The smallest absolute Gasteiger partial charge is 0.306 e. The molecule has 8 unspecified atom stereocenters. The molecule has 11 nitrogen and oxygen atoms in total. The van der Waals surface area contributed by atoms with Crippen LogP contribution in [0, 0.1) is 0 Å². The van der Waals surface area contributed by atoms with Crippen LogP contribution in [-0.2, 0) is 23.8 Å². The van der Waals surface area contributed by atoms with Crippen LogP contribution in [0.1, 0.15) is 252 Å². The maximum Gasteiger partial charge on any atom is 0.306 e. The second-order valence-electron chi connectivity index (χ2n) is 21.0. The largest absolute Gasteiger partial charge is 0.454 e. The van der Waals surface area contributed by atoms with Crippen molar-refractivity contribution in [3.05, 3.63) is 85.1 Å². The Bertz CT molecular complexity index is 1560. The van der Waals surface area contributed by atoms with E-state index < -0.39 is 67.4 Å². The molecular formula is C65H113NO10. The van der Waals surface area contributed by atoms with Crippen LogP contribution in [0.4, 0.5) is 0 Å². The third-order valence-electron chi connectivity index (χ3n) is 14.0. The summed E-state index contributed by atoms with van der Waals surface area (Å²) < 4.78 is 17.6. The molecule has 0 saturated carbocycles. The average Bonchev–Trinajstić information content (AvgIpc) is 3.42. The Hall–Kier alpha value is -3.16. The van der Waals surface area contributed by atoms with Gasteiger partial charge in [-0.2, -0.15) is 0 Å². The first-order chi connectivity index (χ1) is 37.2. The molecule has 0 aromatic heterocycles. The van der Waals surface area contributed by atoms with Gasteiger partial charge in [0.2, 0.25) is 5.91 Å². The molecule has 438 valence electrons. The van der Waals surface area contributed by atoms with E-state index in [1.54, 1.807) is 6.08 Å². The molecule has 0 aliphatic carbocycles. The lowest BCUT2D eigenvalue weighted by molar-refractivity contribution is -0.305. The molecule has 6 N–H and O–H groups in total. The Kier molecular flexibility index (Phi) is 49.0. The number of aliphatic hydroxyl groups is 5. The number of allylic oxidation sites excluding steroid dienone is 13. The molecule has 0 aromatic carbocycles. The highest BCUT2D eigenvalue weighted by atomic mass is 16.7. The molecule has 8 atom stereocenters. The Labute approximate surface area is 463 Å². The van der Waals surface area contributed by atoms with Crippen molar-refractivity contribution in [3.8, 4) is 0 Å². The second-order valence-corrected chi connectivity index (χ2v) is 21.0. The van der Waals surface area contributed by atoms with Crippen LogP contribution in [0.2, 0.25) is 0 Å². The number of aliphatic hydroxyl groups excluding tert-OH is 5. The fourth-order valence-electron chi connectivity index (χ4n) is 9.14. The van der Waals surface area contributed by atoms with Gasteiger partial charge in [0, 0.05) is 6.42 Å². The maximum atomic E-state index is 13.4. The minimum atomic E-state index is -1.62. The topological polar surface area (TPSA) is 175 Å². The SMILES string of the molecule is CC/C=C\C/C=C\C/C=C\C/C=C\C/C=C\CCCCCCCCC(O)C(=O)NC(COC1OC(CO)C(O)C(O)C1OC(=O)CCCCC/C=C\CCCCCCCC)C(O)/C=C/CCCCCCCCCCCC. The summed E-state index contributed by atoms with van der Waals surface area (Å²) in [4.78, 5) is 26.5.